The number of nitrogens with zero attached hydrogens (tertiary/aromatic N) is 4. The molecule has 1 amide bonds. The lowest BCUT2D eigenvalue weighted by Crippen LogP contribution is -2.25. The molecule has 0 spiro atoms. The van der Waals surface area contributed by atoms with E-state index in [0.717, 1.165) is 12.3 Å². The van der Waals surface area contributed by atoms with Gasteiger partial charge in [0.2, 0.25) is 5.88 Å². The van der Waals surface area contributed by atoms with Crippen molar-refractivity contribution in [2.75, 3.05) is 13.7 Å². The van der Waals surface area contributed by atoms with Gasteiger partial charge < -0.3 is 13.9 Å². The summed E-state index contributed by atoms with van der Waals surface area (Å²) < 4.78 is 15.2. The summed E-state index contributed by atoms with van der Waals surface area (Å²) in [6, 6.07) is 6.17. The molecule has 0 unspecified atom stereocenters. The van der Waals surface area contributed by atoms with E-state index in [-0.39, 0.29) is 23.8 Å². The predicted octanol–water partition coefficient (Wildman–Crippen LogP) is 1.44. The molecule has 0 saturated carbocycles. The topological polar surface area (TPSA) is 153 Å². The highest BCUT2D eigenvalue weighted by Gasteiger charge is 2.14. The second-order valence-corrected chi connectivity index (χ2v) is 5.16. The third-order valence-electron chi connectivity index (χ3n) is 3.12. The Kier molecular flexibility index (Phi) is 6.56. The van der Waals surface area contributed by atoms with E-state index in [2.05, 4.69) is 15.5 Å². The number of nitriles is 1. The molecule has 2 rings (SSSR count). The van der Waals surface area contributed by atoms with E-state index in [1.54, 1.807) is 13.0 Å². The first-order chi connectivity index (χ1) is 12.9. The monoisotopic (exact) mass is 373 g/mol. The first kappa shape index (κ1) is 19.5. The van der Waals surface area contributed by atoms with Crippen LogP contribution < -0.4 is 10.2 Å². The summed E-state index contributed by atoms with van der Waals surface area (Å²) in [6.45, 7) is 1.49. The van der Waals surface area contributed by atoms with Crippen molar-refractivity contribution in [1.29, 1.82) is 5.26 Å². The van der Waals surface area contributed by atoms with Crippen LogP contribution in [0.2, 0.25) is 0 Å². The number of ether oxygens (including phenoxy) is 2. The molecule has 0 aromatic carbocycles. The summed E-state index contributed by atoms with van der Waals surface area (Å²) in [7, 11) is 1.50. The van der Waals surface area contributed by atoms with Crippen molar-refractivity contribution in [1.82, 2.24) is 10.4 Å². The van der Waals surface area contributed by atoms with Gasteiger partial charge in [0, 0.05) is 18.4 Å². The van der Waals surface area contributed by atoms with Crippen LogP contribution in [0.25, 0.3) is 0 Å². The molecule has 0 aliphatic rings. The largest absolute Gasteiger partial charge is 0.467 e. The van der Waals surface area contributed by atoms with E-state index in [4.69, 9.17) is 13.9 Å². The van der Waals surface area contributed by atoms with Crippen LogP contribution in [-0.4, -0.2) is 35.7 Å². The third kappa shape index (κ3) is 5.35. The molecule has 0 fully saturated rings. The van der Waals surface area contributed by atoms with E-state index in [0.29, 0.717) is 11.3 Å². The van der Waals surface area contributed by atoms with E-state index in [1.165, 1.54) is 13.2 Å². The van der Waals surface area contributed by atoms with E-state index in [1.807, 2.05) is 6.07 Å². The summed E-state index contributed by atoms with van der Waals surface area (Å²) in [6.07, 6.45) is 1.10. The van der Waals surface area contributed by atoms with Gasteiger partial charge in [-0.1, -0.05) is 0 Å². The molecule has 0 aliphatic carbocycles. The smallest absolute Gasteiger partial charge is 0.433 e. The number of amides is 1. The van der Waals surface area contributed by atoms with Gasteiger partial charge in [-0.25, -0.2) is 10.4 Å². The van der Waals surface area contributed by atoms with Crippen LogP contribution in [0.5, 0.6) is 5.88 Å². The van der Waals surface area contributed by atoms with Crippen LogP contribution in [0.3, 0.4) is 0 Å². The van der Waals surface area contributed by atoms with Crippen molar-refractivity contribution in [2.45, 2.75) is 13.5 Å². The summed E-state index contributed by atoms with van der Waals surface area (Å²) in [5.41, 5.74) is 3.56. The Balaban J connectivity index is 1.96. The van der Waals surface area contributed by atoms with Gasteiger partial charge in [-0.15, -0.1) is 0 Å². The number of rotatable bonds is 8. The number of nitrogens with one attached hydrogen (secondary N) is 1. The Morgan fingerprint density at radius 1 is 1.56 bits per heavy atom. The van der Waals surface area contributed by atoms with Crippen LogP contribution in [0.1, 0.15) is 22.6 Å². The quantitative estimate of drug-likeness (QED) is 0.414. The zero-order valence-corrected chi connectivity index (χ0v) is 14.5. The van der Waals surface area contributed by atoms with Crippen molar-refractivity contribution in [3.63, 3.8) is 0 Å². The first-order valence-electron chi connectivity index (χ1n) is 7.53. The van der Waals surface area contributed by atoms with E-state index >= 15 is 0 Å². The summed E-state index contributed by atoms with van der Waals surface area (Å²) in [4.78, 5) is 25.7. The fraction of sp³-hybridized carbons (Fsp3) is 0.250. The lowest BCUT2D eigenvalue weighted by molar-refractivity contribution is -0.402. The maximum Gasteiger partial charge on any atom is 0.433 e. The molecule has 11 heteroatoms. The van der Waals surface area contributed by atoms with Gasteiger partial charge in [0.1, 0.15) is 16.6 Å². The highest BCUT2D eigenvalue weighted by atomic mass is 16.6. The Labute approximate surface area is 153 Å². The van der Waals surface area contributed by atoms with Crippen LogP contribution in [-0.2, 0) is 16.1 Å². The minimum atomic E-state index is -0.691. The van der Waals surface area contributed by atoms with Gasteiger partial charge in [0.15, 0.2) is 12.4 Å². The zero-order valence-electron chi connectivity index (χ0n) is 14.5. The standard InChI is InChI=1S/C16H15N5O6/c1-10-5-11(8-25-2)13(6-17)16(19-10)26-9-14(22)20-18-7-12-3-4-15(27-12)21(23)24/h3-5,7H,8-9H2,1-2H3,(H,20,22)/b18-7-. The molecule has 2 aromatic rings. The lowest BCUT2D eigenvalue weighted by atomic mass is 10.1. The molecule has 0 aliphatic heterocycles. The highest BCUT2D eigenvalue weighted by Crippen LogP contribution is 2.21. The van der Waals surface area contributed by atoms with E-state index in [9.17, 15) is 20.2 Å². The molecule has 0 saturated heterocycles. The Hall–Kier alpha value is -3.78. The molecule has 27 heavy (non-hydrogen) atoms. The molecule has 2 heterocycles. The maximum absolute atomic E-state index is 11.8. The van der Waals surface area contributed by atoms with E-state index < -0.39 is 23.3 Å². The van der Waals surface area contributed by atoms with Crippen LogP contribution >= 0.6 is 0 Å². The van der Waals surface area contributed by atoms with Crippen molar-refractivity contribution in [3.8, 4) is 11.9 Å². The van der Waals surface area contributed by atoms with Gasteiger partial charge in [0.05, 0.1) is 18.9 Å². The molecular formula is C16H15N5O6. The average molecular weight is 373 g/mol. The third-order valence-corrected chi connectivity index (χ3v) is 3.12. The fourth-order valence-corrected chi connectivity index (χ4v) is 2.05. The summed E-state index contributed by atoms with van der Waals surface area (Å²) in [5.74, 6) is -0.940. The van der Waals surface area contributed by atoms with Crippen molar-refractivity contribution in [3.05, 3.63) is 50.9 Å². The van der Waals surface area contributed by atoms with Gasteiger partial charge >= 0.3 is 5.88 Å². The van der Waals surface area contributed by atoms with Gasteiger partial charge in [-0.2, -0.15) is 10.4 Å². The van der Waals surface area contributed by atoms with Crippen LogP contribution in [0.4, 0.5) is 5.88 Å². The first-order valence-corrected chi connectivity index (χ1v) is 7.53. The van der Waals surface area contributed by atoms with Crippen LogP contribution in [0.15, 0.2) is 27.7 Å². The number of carbonyl (C=O) groups is 1. The van der Waals surface area contributed by atoms with Crippen molar-refractivity contribution >= 4 is 18.0 Å². The Morgan fingerprint density at radius 2 is 2.33 bits per heavy atom. The number of methoxy groups -OCH3 is 1. The number of aromatic nitrogens is 1. The number of hydrogen-bond acceptors (Lipinski definition) is 9. The highest BCUT2D eigenvalue weighted by molar-refractivity contribution is 5.81. The molecule has 0 atom stereocenters. The second kappa shape index (κ2) is 9.07. The minimum absolute atomic E-state index is 0.0188. The molecule has 1 N–H and O–H groups in total. The number of carbonyl (C=O) groups excluding carboxylic acids is 1. The molecule has 0 bridgehead atoms. The summed E-state index contributed by atoms with van der Waals surface area (Å²) >= 11 is 0. The number of hydrogen-bond donors (Lipinski definition) is 1. The molecule has 140 valence electrons. The minimum Gasteiger partial charge on any atom is -0.467 e. The number of hydrazone groups is 1. The maximum atomic E-state index is 11.8. The molecule has 2 aromatic heterocycles. The van der Waals surface area contributed by atoms with Gasteiger partial charge in [-0.3, -0.25) is 14.9 Å². The molecule has 11 nitrogen and oxygen atoms in total. The predicted molar refractivity (Wildman–Crippen MR) is 91.0 cm³/mol. The second-order valence-electron chi connectivity index (χ2n) is 5.16. The van der Waals surface area contributed by atoms with Crippen molar-refractivity contribution in [2.24, 2.45) is 5.10 Å². The number of aryl methyl sites for hydroxylation is 1. The Bertz CT molecular complexity index is 915. The normalized spacial score (nSPS) is 10.6. The SMILES string of the molecule is COCc1cc(C)nc(OCC(=O)N/N=C\c2ccc([N+](=O)[O-])o2)c1C#N. The fourth-order valence-electron chi connectivity index (χ4n) is 2.05. The van der Waals surface area contributed by atoms with Gasteiger partial charge in [-0.05, 0) is 19.1 Å². The Morgan fingerprint density at radius 3 is 2.96 bits per heavy atom. The van der Waals surface area contributed by atoms with Crippen LogP contribution in [0, 0.1) is 28.4 Å². The lowest BCUT2D eigenvalue weighted by Gasteiger charge is -2.10. The molecular weight excluding hydrogens is 358 g/mol. The molecule has 0 radical (unpaired) electrons. The number of pyridine rings is 1. The zero-order chi connectivity index (χ0) is 19.8. The average Bonchev–Trinajstić information content (AvgIpc) is 3.09. The van der Waals surface area contributed by atoms with Crippen molar-refractivity contribution < 1.29 is 23.6 Å². The number of furan rings is 1. The summed E-state index contributed by atoms with van der Waals surface area (Å²) in [5, 5.41) is 23.4. The number of nitro groups is 1. The van der Waals surface area contributed by atoms with Gasteiger partial charge in [0.25, 0.3) is 5.91 Å².